The van der Waals surface area contributed by atoms with Crippen LogP contribution < -0.4 is 10.5 Å². The van der Waals surface area contributed by atoms with Crippen molar-refractivity contribution in [2.45, 2.75) is 6.61 Å². The Morgan fingerprint density at radius 2 is 2.19 bits per heavy atom. The predicted octanol–water partition coefficient (Wildman–Crippen LogP) is 2.58. The number of anilines is 1. The number of hydrogen-bond acceptors (Lipinski definition) is 4. The Labute approximate surface area is 94.5 Å². The second kappa shape index (κ2) is 4.44. The smallest absolute Gasteiger partial charge is 0.180 e. The molecular formula is C10H8F2N2OS. The molecule has 2 rings (SSSR count). The molecule has 0 saturated carbocycles. The maximum atomic E-state index is 13.1. The Kier molecular flexibility index (Phi) is 3.00. The van der Waals surface area contributed by atoms with Crippen LogP contribution >= 0.6 is 11.3 Å². The molecule has 0 unspecified atom stereocenters. The van der Waals surface area contributed by atoms with Crippen molar-refractivity contribution in [3.63, 3.8) is 0 Å². The van der Waals surface area contributed by atoms with Gasteiger partial charge >= 0.3 is 0 Å². The van der Waals surface area contributed by atoms with Crippen molar-refractivity contribution < 1.29 is 13.5 Å². The Balaban J connectivity index is 2.07. The zero-order valence-electron chi connectivity index (χ0n) is 8.11. The summed E-state index contributed by atoms with van der Waals surface area (Å²) in [5, 5.41) is 0.415. The second-order valence-electron chi connectivity index (χ2n) is 3.03. The molecular weight excluding hydrogens is 234 g/mol. The van der Waals surface area contributed by atoms with Crippen LogP contribution in [-0.2, 0) is 6.61 Å². The zero-order valence-corrected chi connectivity index (χ0v) is 8.93. The summed E-state index contributed by atoms with van der Waals surface area (Å²) in [5.41, 5.74) is 5.42. The Hall–Kier alpha value is -1.69. The molecule has 0 aliphatic carbocycles. The van der Waals surface area contributed by atoms with Gasteiger partial charge in [-0.25, -0.2) is 13.8 Å². The lowest BCUT2D eigenvalue weighted by atomic mass is 10.3. The number of nitrogens with two attached hydrogens (primary N) is 1. The molecule has 2 N–H and O–H groups in total. The second-order valence-corrected chi connectivity index (χ2v) is 4.18. The average molecular weight is 242 g/mol. The van der Waals surface area contributed by atoms with Gasteiger partial charge in [-0.3, -0.25) is 0 Å². The van der Waals surface area contributed by atoms with Gasteiger partial charge in [0, 0.05) is 12.3 Å². The van der Waals surface area contributed by atoms with Crippen LogP contribution in [0.5, 0.6) is 5.75 Å². The predicted molar refractivity (Wildman–Crippen MR) is 57.2 cm³/mol. The van der Waals surface area contributed by atoms with Gasteiger partial charge in [-0.15, -0.1) is 0 Å². The van der Waals surface area contributed by atoms with E-state index < -0.39 is 11.6 Å². The molecule has 0 amide bonds. The summed E-state index contributed by atoms with van der Waals surface area (Å²) in [6.45, 7) is 0.120. The molecule has 6 heteroatoms. The molecule has 0 spiro atoms. The number of aromatic nitrogens is 1. The third-order valence-electron chi connectivity index (χ3n) is 1.83. The minimum Gasteiger partial charge on any atom is -0.485 e. The van der Waals surface area contributed by atoms with E-state index in [4.69, 9.17) is 10.5 Å². The summed E-state index contributed by atoms with van der Waals surface area (Å²) < 4.78 is 31.1. The van der Waals surface area contributed by atoms with Crippen LogP contribution in [0.3, 0.4) is 0 Å². The van der Waals surface area contributed by atoms with Crippen molar-refractivity contribution in [2.24, 2.45) is 0 Å². The number of hydrogen-bond donors (Lipinski definition) is 1. The normalized spacial score (nSPS) is 10.4. The molecule has 1 aromatic carbocycles. The van der Waals surface area contributed by atoms with E-state index in [0.29, 0.717) is 5.13 Å². The third kappa shape index (κ3) is 2.46. The van der Waals surface area contributed by atoms with E-state index in [9.17, 15) is 8.78 Å². The lowest BCUT2D eigenvalue weighted by Crippen LogP contribution is -1.96. The highest BCUT2D eigenvalue weighted by Crippen LogP contribution is 2.21. The lowest BCUT2D eigenvalue weighted by Gasteiger charge is -2.05. The number of nitrogens with zero attached hydrogens (tertiary/aromatic N) is 1. The van der Waals surface area contributed by atoms with Crippen LogP contribution in [0, 0.1) is 11.6 Å². The van der Waals surface area contributed by atoms with Gasteiger partial charge in [-0.2, -0.15) is 0 Å². The van der Waals surface area contributed by atoms with Crippen molar-refractivity contribution in [3.8, 4) is 5.75 Å². The standard InChI is InChI=1S/C10H8F2N2OS/c11-6-1-2-8(12)9(3-6)15-5-7-4-14-10(13)16-7/h1-4H,5H2,(H2,13,14). The van der Waals surface area contributed by atoms with Gasteiger partial charge in [-0.1, -0.05) is 11.3 Å². The summed E-state index contributed by atoms with van der Waals surface area (Å²) >= 11 is 1.24. The zero-order chi connectivity index (χ0) is 11.5. The first-order valence-electron chi connectivity index (χ1n) is 4.43. The number of nitrogen functional groups attached to an aromatic ring is 1. The highest BCUT2D eigenvalue weighted by Gasteiger charge is 2.06. The molecule has 0 radical (unpaired) electrons. The first-order chi connectivity index (χ1) is 7.65. The van der Waals surface area contributed by atoms with Gasteiger partial charge in [0.05, 0.1) is 4.88 Å². The third-order valence-corrected chi connectivity index (χ3v) is 2.63. The SMILES string of the molecule is Nc1ncc(COc2cc(F)ccc2F)s1. The Bertz CT molecular complexity index is 501. The number of ether oxygens (including phenoxy) is 1. The van der Waals surface area contributed by atoms with E-state index in [1.165, 1.54) is 17.5 Å². The molecule has 0 fully saturated rings. The van der Waals surface area contributed by atoms with Crippen molar-refractivity contribution >= 4 is 16.5 Å². The van der Waals surface area contributed by atoms with Crippen LogP contribution in [0.25, 0.3) is 0 Å². The average Bonchev–Trinajstić information content (AvgIpc) is 2.66. The fraction of sp³-hybridized carbons (Fsp3) is 0.100. The van der Waals surface area contributed by atoms with Crippen LogP contribution in [0.2, 0.25) is 0 Å². The molecule has 0 aliphatic rings. The highest BCUT2D eigenvalue weighted by molar-refractivity contribution is 7.15. The van der Waals surface area contributed by atoms with Gasteiger partial charge in [0.15, 0.2) is 16.7 Å². The summed E-state index contributed by atoms with van der Waals surface area (Å²) in [6.07, 6.45) is 1.54. The molecule has 84 valence electrons. The summed E-state index contributed by atoms with van der Waals surface area (Å²) in [6, 6.07) is 3.05. The van der Waals surface area contributed by atoms with Crippen molar-refractivity contribution in [1.29, 1.82) is 0 Å². The minimum atomic E-state index is -0.598. The van der Waals surface area contributed by atoms with Gasteiger partial charge < -0.3 is 10.5 Å². The first-order valence-corrected chi connectivity index (χ1v) is 5.25. The van der Waals surface area contributed by atoms with E-state index in [-0.39, 0.29) is 12.4 Å². The van der Waals surface area contributed by atoms with E-state index in [0.717, 1.165) is 23.1 Å². The molecule has 0 saturated heterocycles. The van der Waals surface area contributed by atoms with E-state index in [2.05, 4.69) is 4.98 Å². The van der Waals surface area contributed by atoms with E-state index in [1.807, 2.05) is 0 Å². The summed E-state index contributed by atoms with van der Waals surface area (Å²) in [7, 11) is 0. The number of halogens is 2. The number of thiazole rings is 1. The summed E-state index contributed by atoms with van der Waals surface area (Å²) in [4.78, 5) is 4.57. The van der Waals surface area contributed by atoms with Crippen LogP contribution in [0.4, 0.5) is 13.9 Å². The molecule has 1 aromatic heterocycles. The fourth-order valence-electron chi connectivity index (χ4n) is 1.13. The molecule has 3 nitrogen and oxygen atoms in total. The van der Waals surface area contributed by atoms with Crippen LogP contribution in [0.1, 0.15) is 4.88 Å². The van der Waals surface area contributed by atoms with Crippen LogP contribution in [0.15, 0.2) is 24.4 Å². The Morgan fingerprint density at radius 1 is 1.38 bits per heavy atom. The van der Waals surface area contributed by atoms with Gasteiger partial charge in [0.1, 0.15) is 12.4 Å². The first kappa shape index (κ1) is 10.8. The van der Waals surface area contributed by atoms with Gasteiger partial charge in [0.2, 0.25) is 0 Å². The van der Waals surface area contributed by atoms with Crippen LogP contribution in [-0.4, -0.2) is 4.98 Å². The topological polar surface area (TPSA) is 48.1 Å². The molecule has 0 bridgehead atoms. The molecule has 1 heterocycles. The maximum Gasteiger partial charge on any atom is 0.180 e. The monoisotopic (exact) mass is 242 g/mol. The fourth-order valence-corrected chi connectivity index (χ4v) is 1.72. The van der Waals surface area contributed by atoms with Gasteiger partial charge in [0.25, 0.3) is 0 Å². The largest absolute Gasteiger partial charge is 0.485 e. The summed E-state index contributed by atoms with van der Waals surface area (Å²) in [5.74, 6) is -1.26. The molecule has 2 aromatic rings. The van der Waals surface area contributed by atoms with Crippen molar-refractivity contribution in [2.75, 3.05) is 5.73 Å². The van der Waals surface area contributed by atoms with Crippen molar-refractivity contribution in [1.82, 2.24) is 4.98 Å². The quantitative estimate of drug-likeness (QED) is 0.899. The number of rotatable bonds is 3. The van der Waals surface area contributed by atoms with E-state index in [1.54, 1.807) is 0 Å². The lowest BCUT2D eigenvalue weighted by molar-refractivity contribution is 0.291. The van der Waals surface area contributed by atoms with E-state index >= 15 is 0 Å². The molecule has 16 heavy (non-hydrogen) atoms. The minimum absolute atomic E-state index is 0.119. The highest BCUT2D eigenvalue weighted by atomic mass is 32.1. The Morgan fingerprint density at radius 3 is 2.88 bits per heavy atom. The molecule has 0 atom stereocenters. The maximum absolute atomic E-state index is 13.1. The van der Waals surface area contributed by atoms with Gasteiger partial charge in [-0.05, 0) is 12.1 Å². The molecule has 0 aliphatic heterocycles. The van der Waals surface area contributed by atoms with Crippen molar-refractivity contribution in [3.05, 3.63) is 40.9 Å². The number of benzene rings is 1.